The fourth-order valence-corrected chi connectivity index (χ4v) is 2.83. The van der Waals surface area contributed by atoms with E-state index in [4.69, 9.17) is 0 Å². The predicted molar refractivity (Wildman–Crippen MR) is 73.1 cm³/mol. The molecule has 0 N–H and O–H groups in total. The van der Waals surface area contributed by atoms with Gasteiger partial charge in [0.1, 0.15) is 5.82 Å². The van der Waals surface area contributed by atoms with Crippen molar-refractivity contribution < 1.29 is 9.18 Å². The fraction of sp³-hybridized carbons (Fsp3) is 0.500. The van der Waals surface area contributed by atoms with Gasteiger partial charge in [0.15, 0.2) is 0 Å². The highest BCUT2D eigenvalue weighted by Crippen LogP contribution is 2.25. The highest BCUT2D eigenvalue weighted by molar-refractivity contribution is 9.10. The highest BCUT2D eigenvalue weighted by Gasteiger charge is 2.25. The second-order valence-corrected chi connectivity index (χ2v) is 5.59. The SMILES string of the molecule is CC1CCCCCN1C(=O)c1cccc(F)c1Br. The number of nitrogens with zero attached hydrogens (tertiary/aromatic N) is 1. The molecule has 0 spiro atoms. The number of rotatable bonds is 1. The van der Waals surface area contributed by atoms with Gasteiger partial charge in [0.2, 0.25) is 0 Å². The van der Waals surface area contributed by atoms with Crippen LogP contribution in [0.2, 0.25) is 0 Å². The van der Waals surface area contributed by atoms with Gasteiger partial charge >= 0.3 is 0 Å². The smallest absolute Gasteiger partial charge is 0.255 e. The molecule has 0 bridgehead atoms. The van der Waals surface area contributed by atoms with Gasteiger partial charge in [-0.25, -0.2) is 4.39 Å². The Hall–Kier alpha value is -0.900. The first-order valence-corrected chi connectivity index (χ1v) is 7.15. The number of halogens is 2. The molecule has 4 heteroatoms. The summed E-state index contributed by atoms with van der Waals surface area (Å²) in [7, 11) is 0. The van der Waals surface area contributed by atoms with Gasteiger partial charge in [0, 0.05) is 12.6 Å². The van der Waals surface area contributed by atoms with E-state index in [1.807, 2.05) is 4.90 Å². The first-order valence-electron chi connectivity index (χ1n) is 6.36. The molecule has 2 rings (SSSR count). The Bertz CT molecular complexity index is 449. The third kappa shape index (κ3) is 2.74. The molecule has 2 nitrogen and oxygen atoms in total. The molecule has 1 aliphatic rings. The molecule has 1 aromatic carbocycles. The van der Waals surface area contributed by atoms with Gasteiger partial charge in [0.25, 0.3) is 5.91 Å². The molecule has 0 aliphatic carbocycles. The standard InChI is InChI=1S/C14H17BrFNO/c1-10-6-3-2-4-9-17(10)14(18)11-7-5-8-12(16)13(11)15/h5,7-8,10H,2-4,6,9H2,1H3. The highest BCUT2D eigenvalue weighted by atomic mass is 79.9. The first-order chi connectivity index (χ1) is 8.61. The first kappa shape index (κ1) is 13.5. The van der Waals surface area contributed by atoms with Gasteiger partial charge in [0.05, 0.1) is 10.0 Å². The number of hydrogen-bond acceptors (Lipinski definition) is 1. The Balaban J connectivity index is 2.26. The number of amides is 1. The molecule has 1 fully saturated rings. The van der Waals surface area contributed by atoms with Gasteiger partial charge in [-0.3, -0.25) is 4.79 Å². The van der Waals surface area contributed by atoms with Crippen LogP contribution < -0.4 is 0 Å². The number of benzene rings is 1. The summed E-state index contributed by atoms with van der Waals surface area (Å²) in [6.45, 7) is 2.83. The van der Waals surface area contributed by atoms with E-state index in [0.29, 0.717) is 5.56 Å². The Kier molecular flexibility index (Phi) is 4.38. The van der Waals surface area contributed by atoms with E-state index in [2.05, 4.69) is 22.9 Å². The van der Waals surface area contributed by atoms with Gasteiger partial charge in [-0.1, -0.05) is 18.9 Å². The number of carbonyl (C=O) groups is 1. The van der Waals surface area contributed by atoms with E-state index < -0.39 is 0 Å². The van der Waals surface area contributed by atoms with Gasteiger partial charge < -0.3 is 4.90 Å². The van der Waals surface area contributed by atoms with Crippen LogP contribution in [0.25, 0.3) is 0 Å². The summed E-state index contributed by atoms with van der Waals surface area (Å²) in [5.74, 6) is -0.459. The molecular weight excluding hydrogens is 297 g/mol. The molecule has 0 aromatic heterocycles. The van der Waals surface area contributed by atoms with Crippen molar-refractivity contribution in [2.75, 3.05) is 6.54 Å². The monoisotopic (exact) mass is 313 g/mol. The van der Waals surface area contributed by atoms with Crippen LogP contribution in [0.15, 0.2) is 22.7 Å². The van der Waals surface area contributed by atoms with E-state index in [9.17, 15) is 9.18 Å². The summed E-state index contributed by atoms with van der Waals surface area (Å²) in [4.78, 5) is 14.3. The maximum Gasteiger partial charge on any atom is 0.255 e. The van der Waals surface area contributed by atoms with Gasteiger partial charge in [-0.05, 0) is 47.8 Å². The van der Waals surface area contributed by atoms with Crippen LogP contribution in [0.4, 0.5) is 4.39 Å². The Morgan fingerprint density at radius 1 is 1.39 bits per heavy atom. The van der Waals surface area contributed by atoms with Crippen molar-refractivity contribution in [1.29, 1.82) is 0 Å². The number of hydrogen-bond donors (Lipinski definition) is 0. The van der Waals surface area contributed by atoms with Crippen LogP contribution in [0.5, 0.6) is 0 Å². The zero-order valence-corrected chi connectivity index (χ0v) is 12.0. The second kappa shape index (κ2) is 5.83. The minimum absolute atomic E-state index is 0.0734. The lowest BCUT2D eigenvalue weighted by Gasteiger charge is -2.27. The molecule has 1 heterocycles. The number of carbonyl (C=O) groups excluding carboxylic acids is 1. The van der Waals surface area contributed by atoms with Crippen molar-refractivity contribution in [3.05, 3.63) is 34.1 Å². The normalized spacial score (nSPS) is 20.6. The predicted octanol–water partition coefficient (Wildman–Crippen LogP) is 3.99. The molecule has 1 saturated heterocycles. The summed E-state index contributed by atoms with van der Waals surface area (Å²) in [6.07, 6.45) is 4.38. The number of likely N-dealkylation sites (tertiary alicyclic amines) is 1. The van der Waals surface area contributed by atoms with Gasteiger partial charge in [-0.2, -0.15) is 0 Å². The lowest BCUT2D eigenvalue weighted by molar-refractivity contribution is 0.0696. The Morgan fingerprint density at radius 3 is 2.94 bits per heavy atom. The topological polar surface area (TPSA) is 20.3 Å². The fourth-order valence-electron chi connectivity index (χ4n) is 2.40. The summed E-state index contributed by atoms with van der Waals surface area (Å²) < 4.78 is 13.7. The van der Waals surface area contributed by atoms with E-state index in [-0.39, 0.29) is 22.2 Å². The third-order valence-electron chi connectivity index (χ3n) is 3.50. The Morgan fingerprint density at radius 2 is 2.17 bits per heavy atom. The van der Waals surface area contributed by atoms with Gasteiger partial charge in [-0.15, -0.1) is 0 Å². The largest absolute Gasteiger partial charge is 0.336 e. The summed E-state index contributed by atoms with van der Waals surface area (Å²) in [6, 6.07) is 4.84. The van der Waals surface area contributed by atoms with Crippen molar-refractivity contribution >= 4 is 21.8 Å². The Labute approximate surface area is 115 Å². The average molecular weight is 314 g/mol. The van der Waals surface area contributed by atoms with Crippen molar-refractivity contribution in [2.45, 2.75) is 38.6 Å². The van der Waals surface area contributed by atoms with E-state index in [1.165, 1.54) is 12.5 Å². The molecule has 98 valence electrons. The minimum Gasteiger partial charge on any atom is -0.336 e. The summed E-state index contributed by atoms with van der Waals surface area (Å²) in [5.41, 5.74) is 0.420. The molecule has 1 aliphatic heterocycles. The molecule has 1 atom stereocenters. The van der Waals surface area contributed by atoms with Crippen LogP contribution in [0.1, 0.15) is 43.0 Å². The minimum atomic E-state index is -0.386. The van der Waals surface area contributed by atoms with Crippen LogP contribution in [-0.4, -0.2) is 23.4 Å². The lowest BCUT2D eigenvalue weighted by atomic mass is 10.1. The van der Waals surface area contributed by atoms with E-state index in [1.54, 1.807) is 12.1 Å². The maximum atomic E-state index is 13.5. The molecule has 0 saturated carbocycles. The van der Waals surface area contributed by atoms with E-state index in [0.717, 1.165) is 25.8 Å². The molecule has 18 heavy (non-hydrogen) atoms. The van der Waals surface area contributed by atoms with Crippen molar-refractivity contribution in [3.63, 3.8) is 0 Å². The lowest BCUT2D eigenvalue weighted by Crippen LogP contribution is -2.38. The average Bonchev–Trinajstić information content (AvgIpc) is 2.57. The van der Waals surface area contributed by atoms with Crippen molar-refractivity contribution in [3.8, 4) is 0 Å². The molecule has 1 amide bonds. The zero-order valence-electron chi connectivity index (χ0n) is 10.5. The van der Waals surface area contributed by atoms with Crippen LogP contribution in [-0.2, 0) is 0 Å². The maximum absolute atomic E-state index is 13.5. The van der Waals surface area contributed by atoms with Crippen molar-refractivity contribution in [2.24, 2.45) is 0 Å². The molecule has 1 aromatic rings. The van der Waals surface area contributed by atoms with Crippen LogP contribution >= 0.6 is 15.9 Å². The van der Waals surface area contributed by atoms with Crippen LogP contribution in [0, 0.1) is 5.82 Å². The zero-order chi connectivity index (χ0) is 13.1. The molecule has 1 unspecified atom stereocenters. The molecular formula is C14H17BrFNO. The summed E-state index contributed by atoms with van der Waals surface area (Å²) in [5, 5.41) is 0. The van der Waals surface area contributed by atoms with E-state index >= 15 is 0 Å². The quantitative estimate of drug-likeness (QED) is 0.767. The second-order valence-electron chi connectivity index (χ2n) is 4.80. The molecule has 0 radical (unpaired) electrons. The van der Waals surface area contributed by atoms with Crippen LogP contribution in [0.3, 0.4) is 0 Å². The third-order valence-corrected chi connectivity index (χ3v) is 4.30. The summed E-state index contributed by atoms with van der Waals surface area (Å²) >= 11 is 3.16. The van der Waals surface area contributed by atoms with Crippen molar-refractivity contribution in [1.82, 2.24) is 4.90 Å².